The number of hydrazone groups is 1. The molecule has 8 nitrogen and oxygen atoms in total. The zero-order chi connectivity index (χ0) is 22.0. The largest absolute Gasteiger partial charge is 0.368 e. The summed E-state index contributed by atoms with van der Waals surface area (Å²) < 4.78 is 15.2. The molecule has 4 rings (SSSR count). The van der Waals surface area contributed by atoms with Crippen molar-refractivity contribution in [3.63, 3.8) is 0 Å². The fourth-order valence-corrected chi connectivity index (χ4v) is 4.91. The lowest BCUT2D eigenvalue weighted by Gasteiger charge is -2.42. The second-order valence-electron chi connectivity index (χ2n) is 8.81. The highest BCUT2D eigenvalue weighted by Crippen LogP contribution is 2.36. The van der Waals surface area contributed by atoms with Crippen LogP contribution in [0.5, 0.6) is 0 Å². The Morgan fingerprint density at radius 1 is 1.29 bits per heavy atom. The molecule has 0 aliphatic carbocycles. The van der Waals surface area contributed by atoms with E-state index in [0.717, 1.165) is 55.8 Å². The average Bonchev–Trinajstić information content (AvgIpc) is 2.97. The first-order valence-electron chi connectivity index (χ1n) is 10.8. The van der Waals surface area contributed by atoms with E-state index < -0.39 is 5.82 Å². The normalized spacial score (nSPS) is 21.7. The second-order valence-corrected chi connectivity index (χ2v) is 8.81. The van der Waals surface area contributed by atoms with Crippen LogP contribution in [0.2, 0.25) is 0 Å². The van der Waals surface area contributed by atoms with Gasteiger partial charge >= 0.3 is 0 Å². The Balaban J connectivity index is 1.65. The van der Waals surface area contributed by atoms with Gasteiger partial charge in [-0.25, -0.2) is 9.92 Å². The average molecular weight is 425 g/mol. The molecule has 0 amide bonds. The minimum atomic E-state index is -0.428. The van der Waals surface area contributed by atoms with Crippen LogP contribution in [-0.4, -0.2) is 46.1 Å². The van der Waals surface area contributed by atoms with Gasteiger partial charge in [0, 0.05) is 37.9 Å². The molecule has 2 saturated heterocycles. The van der Waals surface area contributed by atoms with E-state index in [9.17, 15) is 0 Å². The Bertz CT molecular complexity index is 947. The summed E-state index contributed by atoms with van der Waals surface area (Å²) in [5.41, 5.74) is 10.3. The molecule has 2 aliphatic rings. The number of hydrogen-bond donors (Lipinski definition) is 2. The third-order valence-electron chi connectivity index (χ3n) is 6.17. The van der Waals surface area contributed by atoms with Crippen molar-refractivity contribution in [3.05, 3.63) is 53.1 Å². The maximum atomic E-state index is 15.2. The van der Waals surface area contributed by atoms with Crippen molar-refractivity contribution in [2.75, 3.05) is 18.0 Å². The van der Waals surface area contributed by atoms with E-state index in [1.54, 1.807) is 6.20 Å². The molecule has 1 aromatic carbocycles. The van der Waals surface area contributed by atoms with Crippen molar-refractivity contribution < 1.29 is 4.39 Å². The molecule has 2 unspecified atom stereocenters. The van der Waals surface area contributed by atoms with Gasteiger partial charge in [-0.15, -0.1) is 5.11 Å². The van der Waals surface area contributed by atoms with Gasteiger partial charge in [-0.1, -0.05) is 13.8 Å². The zero-order valence-corrected chi connectivity index (χ0v) is 18.0. The van der Waals surface area contributed by atoms with Crippen LogP contribution in [-0.2, 0) is 13.0 Å². The highest BCUT2D eigenvalue weighted by atomic mass is 19.1. The van der Waals surface area contributed by atoms with Gasteiger partial charge < -0.3 is 10.7 Å². The van der Waals surface area contributed by atoms with Crippen molar-refractivity contribution in [2.45, 2.75) is 51.7 Å². The fraction of sp³-hybridized carbons (Fsp3) is 0.500. The summed E-state index contributed by atoms with van der Waals surface area (Å²) in [6, 6.07) is 8.14. The number of anilines is 1. The number of hydrogen-bond acceptors (Lipinski definition) is 7. The molecule has 2 fully saturated rings. The van der Waals surface area contributed by atoms with Gasteiger partial charge in [0.15, 0.2) is 0 Å². The van der Waals surface area contributed by atoms with E-state index in [1.165, 1.54) is 6.07 Å². The van der Waals surface area contributed by atoms with Gasteiger partial charge in [-0.05, 0) is 55.0 Å². The summed E-state index contributed by atoms with van der Waals surface area (Å²) in [5, 5.41) is 15.2. The minimum Gasteiger partial charge on any atom is -0.368 e. The summed E-state index contributed by atoms with van der Waals surface area (Å²) in [6.45, 7) is 6.53. The summed E-state index contributed by atoms with van der Waals surface area (Å²) >= 11 is 0. The first-order valence-corrected chi connectivity index (χ1v) is 10.8. The number of aromatic nitrogens is 2. The van der Waals surface area contributed by atoms with Crippen LogP contribution in [0.1, 0.15) is 43.5 Å². The maximum absolute atomic E-state index is 15.2. The van der Waals surface area contributed by atoms with Crippen molar-refractivity contribution in [1.82, 2.24) is 15.1 Å². The third kappa shape index (κ3) is 4.41. The molecule has 164 valence electrons. The van der Waals surface area contributed by atoms with Crippen LogP contribution < -0.4 is 10.7 Å². The quantitative estimate of drug-likeness (QED) is 0.243. The Morgan fingerprint density at radius 3 is 2.61 bits per heavy atom. The van der Waals surface area contributed by atoms with Crippen molar-refractivity contribution in [3.8, 4) is 0 Å². The Labute approximate surface area is 181 Å². The zero-order valence-electron chi connectivity index (χ0n) is 18.0. The smallest absolute Gasteiger partial charge is 0.204 e. The number of amidine groups is 1. The van der Waals surface area contributed by atoms with E-state index in [4.69, 9.17) is 11.4 Å². The molecule has 1 aromatic heterocycles. The Morgan fingerprint density at radius 2 is 2.03 bits per heavy atom. The molecule has 2 aliphatic heterocycles. The van der Waals surface area contributed by atoms with Gasteiger partial charge in [0.25, 0.3) is 0 Å². The lowest BCUT2D eigenvalue weighted by Crippen LogP contribution is -2.53. The van der Waals surface area contributed by atoms with Crippen LogP contribution in [0, 0.1) is 17.3 Å². The fourth-order valence-electron chi connectivity index (χ4n) is 4.91. The molecule has 0 radical (unpaired) electrons. The SMILES string of the molecule is CC(C)Cc1cc(F)c(/C(N=N)=N/N)c(N2CC3CCC(C2)N3Cc2cccnn2)c1. The Hall–Kier alpha value is -2.94. The molecule has 31 heavy (non-hydrogen) atoms. The molecular weight excluding hydrogens is 395 g/mol. The molecule has 0 saturated carbocycles. The van der Waals surface area contributed by atoms with Gasteiger partial charge in [-0.2, -0.15) is 15.3 Å². The predicted molar refractivity (Wildman–Crippen MR) is 117 cm³/mol. The number of halogens is 1. The first-order chi connectivity index (χ1) is 15.0. The van der Waals surface area contributed by atoms with Crippen molar-refractivity contribution in [2.24, 2.45) is 22.0 Å². The maximum Gasteiger partial charge on any atom is 0.204 e. The molecule has 2 atom stereocenters. The summed E-state index contributed by atoms with van der Waals surface area (Å²) in [4.78, 5) is 4.70. The Kier molecular flexibility index (Phi) is 6.22. The van der Waals surface area contributed by atoms with E-state index in [-0.39, 0.29) is 11.4 Å². The summed E-state index contributed by atoms with van der Waals surface area (Å²) in [6.07, 6.45) is 4.64. The van der Waals surface area contributed by atoms with E-state index in [0.29, 0.717) is 18.0 Å². The number of piperazine rings is 1. The summed E-state index contributed by atoms with van der Waals surface area (Å²) in [7, 11) is 0. The van der Waals surface area contributed by atoms with Crippen LogP contribution in [0.15, 0.2) is 40.7 Å². The molecule has 0 spiro atoms. The number of nitrogens with two attached hydrogens (primary N) is 1. The van der Waals surface area contributed by atoms with Gasteiger partial charge in [-0.3, -0.25) is 4.90 Å². The van der Waals surface area contributed by atoms with Gasteiger partial charge in [0.05, 0.1) is 16.9 Å². The highest BCUT2D eigenvalue weighted by molar-refractivity contribution is 6.04. The number of rotatable bonds is 6. The lowest BCUT2D eigenvalue weighted by molar-refractivity contribution is 0.158. The van der Waals surface area contributed by atoms with Crippen LogP contribution in [0.3, 0.4) is 0 Å². The summed E-state index contributed by atoms with van der Waals surface area (Å²) in [5.74, 6) is 5.34. The molecule has 3 N–H and O–H groups in total. The molecule has 2 aromatic rings. The third-order valence-corrected chi connectivity index (χ3v) is 6.17. The van der Waals surface area contributed by atoms with E-state index in [2.05, 4.69) is 44.1 Å². The molecular formula is C22H29FN8. The van der Waals surface area contributed by atoms with E-state index in [1.807, 2.05) is 18.2 Å². The van der Waals surface area contributed by atoms with Crippen molar-refractivity contribution >= 4 is 11.5 Å². The van der Waals surface area contributed by atoms with Crippen LogP contribution in [0.4, 0.5) is 10.1 Å². The molecule has 2 bridgehead atoms. The standard InChI is InChI=1S/C22H29FN8/c1-14(2)8-15-9-19(23)21(22(27-24)28-25)20(10-15)30-12-17-5-6-18(13-30)31(17)11-16-4-3-7-26-29-16/h3-4,7,9-10,14,17-18,24H,5-6,8,11-13,25H2,1-2H3/b27-24?,28-22-. The molecule has 3 heterocycles. The number of nitrogens with zero attached hydrogens (tertiary/aromatic N) is 6. The monoisotopic (exact) mass is 424 g/mol. The van der Waals surface area contributed by atoms with E-state index >= 15 is 4.39 Å². The second kappa shape index (κ2) is 9.05. The van der Waals surface area contributed by atoms with Gasteiger partial charge in [0.1, 0.15) is 5.82 Å². The van der Waals surface area contributed by atoms with Crippen molar-refractivity contribution in [1.29, 1.82) is 5.53 Å². The molecule has 9 heteroatoms. The van der Waals surface area contributed by atoms with Gasteiger partial charge in [0.2, 0.25) is 5.84 Å². The number of fused-ring (bicyclic) bond motifs is 2. The van der Waals surface area contributed by atoms with Crippen LogP contribution in [0.25, 0.3) is 0 Å². The number of benzene rings is 1. The minimum absolute atomic E-state index is 0.0852. The first kappa shape index (κ1) is 21.3. The predicted octanol–water partition coefficient (Wildman–Crippen LogP) is 3.32. The highest BCUT2D eigenvalue weighted by Gasteiger charge is 2.41. The lowest BCUT2D eigenvalue weighted by atomic mass is 9.98. The number of nitrogens with one attached hydrogen (secondary N) is 1. The van der Waals surface area contributed by atoms with Crippen LogP contribution >= 0.6 is 0 Å². The topological polar surface area (TPSA) is 107 Å².